The number of carbonyl (C=O) groups excluding carboxylic acids is 1. The number of hydrogen-bond acceptors (Lipinski definition) is 4. The minimum absolute atomic E-state index is 0.561. The third-order valence-corrected chi connectivity index (χ3v) is 4.05. The fourth-order valence-corrected chi connectivity index (χ4v) is 3.06. The quantitative estimate of drug-likeness (QED) is 0.764. The molecule has 0 aliphatic heterocycles. The summed E-state index contributed by atoms with van der Waals surface area (Å²) in [7, 11) is 1.66. The Labute approximate surface area is 103 Å². The van der Waals surface area contributed by atoms with Crippen LogP contribution in [0.2, 0.25) is 0 Å². The largest absolute Gasteiger partial charge is 0.497 e. The Morgan fingerprint density at radius 1 is 1.41 bits per heavy atom. The first kappa shape index (κ1) is 10.5. The zero-order valence-electron chi connectivity index (χ0n) is 9.40. The summed E-state index contributed by atoms with van der Waals surface area (Å²) in [4.78, 5) is 16.4. The van der Waals surface area contributed by atoms with Crippen LogP contribution in [0.15, 0.2) is 18.2 Å². The Bertz CT molecular complexity index is 589. The summed E-state index contributed by atoms with van der Waals surface area (Å²) in [6.07, 6.45) is 2.80. The number of aldehydes is 1. The Morgan fingerprint density at radius 3 is 3.06 bits per heavy atom. The first-order valence-corrected chi connectivity index (χ1v) is 6.25. The lowest BCUT2D eigenvalue weighted by Gasteiger charge is -2.15. The number of fused-ring (bicyclic) bond motifs is 3. The average Bonchev–Trinajstić information content (AvgIpc) is 2.81. The number of aryl methyl sites for hydroxylation is 2. The molecular weight excluding hydrogens is 234 g/mol. The molecule has 1 aliphatic rings. The standard InChI is InChI=1S/C13H11NO2S/c1-16-9-4-2-8-3-5-11-13(10(8)6-9)14-12(7-15)17-11/h2,4,6-7H,3,5H2,1H3. The summed E-state index contributed by atoms with van der Waals surface area (Å²) in [5.41, 5.74) is 3.34. The smallest absolute Gasteiger partial charge is 0.178 e. The number of rotatable bonds is 2. The summed E-state index contributed by atoms with van der Waals surface area (Å²) in [5.74, 6) is 0.831. The van der Waals surface area contributed by atoms with Crippen LogP contribution < -0.4 is 4.74 Å². The molecule has 0 bridgehead atoms. The fraction of sp³-hybridized carbons (Fsp3) is 0.231. The number of ether oxygens (including phenoxy) is 1. The molecule has 1 heterocycles. The molecule has 2 aromatic rings. The Hall–Kier alpha value is -1.68. The van der Waals surface area contributed by atoms with Gasteiger partial charge in [-0.1, -0.05) is 6.07 Å². The second-order valence-electron chi connectivity index (χ2n) is 3.96. The second kappa shape index (κ2) is 3.96. The van der Waals surface area contributed by atoms with Gasteiger partial charge in [0.1, 0.15) is 5.75 Å². The molecule has 0 saturated heterocycles. The van der Waals surface area contributed by atoms with Crippen molar-refractivity contribution in [1.29, 1.82) is 0 Å². The number of benzene rings is 1. The van der Waals surface area contributed by atoms with E-state index >= 15 is 0 Å². The van der Waals surface area contributed by atoms with Gasteiger partial charge in [-0.3, -0.25) is 4.79 Å². The van der Waals surface area contributed by atoms with Gasteiger partial charge in [-0.05, 0) is 30.5 Å². The third-order valence-electron chi connectivity index (χ3n) is 3.01. The first-order valence-electron chi connectivity index (χ1n) is 5.44. The molecule has 1 aromatic carbocycles. The van der Waals surface area contributed by atoms with Crippen molar-refractivity contribution in [3.8, 4) is 17.0 Å². The maximum Gasteiger partial charge on any atom is 0.178 e. The van der Waals surface area contributed by atoms with Crippen LogP contribution in [-0.4, -0.2) is 18.4 Å². The van der Waals surface area contributed by atoms with Crippen LogP contribution in [-0.2, 0) is 12.8 Å². The summed E-state index contributed by atoms with van der Waals surface area (Å²) in [5, 5.41) is 0.561. The van der Waals surface area contributed by atoms with Gasteiger partial charge in [0, 0.05) is 10.4 Å². The highest BCUT2D eigenvalue weighted by molar-refractivity contribution is 7.13. The molecule has 3 nitrogen and oxygen atoms in total. The van der Waals surface area contributed by atoms with Crippen LogP contribution in [0.25, 0.3) is 11.3 Å². The van der Waals surface area contributed by atoms with E-state index in [0.717, 1.165) is 36.1 Å². The van der Waals surface area contributed by atoms with E-state index in [0.29, 0.717) is 5.01 Å². The molecular formula is C13H11NO2S. The van der Waals surface area contributed by atoms with E-state index in [2.05, 4.69) is 11.1 Å². The van der Waals surface area contributed by atoms with Crippen molar-refractivity contribution in [2.45, 2.75) is 12.8 Å². The summed E-state index contributed by atoms with van der Waals surface area (Å²) in [6.45, 7) is 0. The van der Waals surface area contributed by atoms with Crippen molar-refractivity contribution in [1.82, 2.24) is 4.98 Å². The van der Waals surface area contributed by atoms with Crippen molar-refractivity contribution in [3.63, 3.8) is 0 Å². The highest BCUT2D eigenvalue weighted by Crippen LogP contribution is 2.37. The molecule has 0 amide bonds. The molecule has 1 aliphatic carbocycles. The zero-order valence-corrected chi connectivity index (χ0v) is 10.2. The van der Waals surface area contributed by atoms with Crippen LogP contribution in [0.1, 0.15) is 20.2 Å². The average molecular weight is 245 g/mol. The number of nitrogens with zero attached hydrogens (tertiary/aromatic N) is 1. The monoisotopic (exact) mass is 245 g/mol. The number of hydrogen-bond donors (Lipinski definition) is 0. The number of aromatic nitrogens is 1. The van der Waals surface area contributed by atoms with Crippen LogP contribution in [0, 0.1) is 0 Å². The van der Waals surface area contributed by atoms with E-state index < -0.39 is 0 Å². The first-order chi connectivity index (χ1) is 8.31. The van der Waals surface area contributed by atoms with Crippen molar-refractivity contribution in [3.05, 3.63) is 33.6 Å². The lowest BCUT2D eigenvalue weighted by atomic mass is 9.93. The van der Waals surface area contributed by atoms with E-state index in [1.807, 2.05) is 12.1 Å². The van der Waals surface area contributed by atoms with Crippen molar-refractivity contribution in [2.24, 2.45) is 0 Å². The van der Waals surface area contributed by atoms with Gasteiger partial charge in [0.15, 0.2) is 11.3 Å². The van der Waals surface area contributed by atoms with E-state index in [-0.39, 0.29) is 0 Å². The Kier molecular flexibility index (Phi) is 2.44. The maximum absolute atomic E-state index is 10.8. The molecule has 0 spiro atoms. The SMILES string of the molecule is COc1ccc2c(c1)-c1nc(C=O)sc1CC2. The van der Waals surface area contributed by atoms with E-state index in [1.54, 1.807) is 7.11 Å². The van der Waals surface area contributed by atoms with Gasteiger partial charge in [0.2, 0.25) is 0 Å². The van der Waals surface area contributed by atoms with Crippen molar-refractivity contribution < 1.29 is 9.53 Å². The van der Waals surface area contributed by atoms with E-state index in [1.165, 1.54) is 21.8 Å². The predicted molar refractivity (Wildman–Crippen MR) is 66.9 cm³/mol. The predicted octanol–water partition coefficient (Wildman–Crippen LogP) is 2.73. The number of methoxy groups -OCH3 is 1. The second-order valence-corrected chi connectivity index (χ2v) is 5.08. The van der Waals surface area contributed by atoms with Crippen LogP contribution in [0.4, 0.5) is 0 Å². The van der Waals surface area contributed by atoms with Gasteiger partial charge in [-0.25, -0.2) is 4.98 Å². The molecule has 4 heteroatoms. The summed E-state index contributed by atoms with van der Waals surface area (Å²) in [6, 6.07) is 6.05. The maximum atomic E-state index is 10.8. The molecule has 17 heavy (non-hydrogen) atoms. The van der Waals surface area contributed by atoms with Crippen LogP contribution >= 0.6 is 11.3 Å². The molecule has 3 rings (SSSR count). The number of carbonyl (C=O) groups is 1. The highest BCUT2D eigenvalue weighted by Gasteiger charge is 2.21. The topological polar surface area (TPSA) is 39.2 Å². The minimum atomic E-state index is 0.561. The molecule has 0 atom stereocenters. The molecule has 0 radical (unpaired) electrons. The van der Waals surface area contributed by atoms with Gasteiger partial charge in [0.25, 0.3) is 0 Å². The molecule has 0 unspecified atom stereocenters. The molecule has 1 aromatic heterocycles. The van der Waals surface area contributed by atoms with Crippen LogP contribution in [0.5, 0.6) is 5.75 Å². The highest BCUT2D eigenvalue weighted by atomic mass is 32.1. The zero-order chi connectivity index (χ0) is 11.8. The van der Waals surface area contributed by atoms with E-state index in [4.69, 9.17) is 4.74 Å². The van der Waals surface area contributed by atoms with Crippen molar-refractivity contribution >= 4 is 17.6 Å². The van der Waals surface area contributed by atoms with Gasteiger partial charge < -0.3 is 4.74 Å². The van der Waals surface area contributed by atoms with Gasteiger partial charge >= 0.3 is 0 Å². The summed E-state index contributed by atoms with van der Waals surface area (Å²) < 4.78 is 5.23. The van der Waals surface area contributed by atoms with Gasteiger partial charge in [-0.15, -0.1) is 11.3 Å². The lowest BCUT2D eigenvalue weighted by molar-refractivity contribution is 0.112. The van der Waals surface area contributed by atoms with Gasteiger partial charge in [0.05, 0.1) is 12.8 Å². The lowest BCUT2D eigenvalue weighted by Crippen LogP contribution is -2.02. The molecule has 0 N–H and O–H groups in total. The Morgan fingerprint density at radius 2 is 2.29 bits per heavy atom. The fourth-order valence-electron chi connectivity index (χ4n) is 2.17. The molecule has 0 fully saturated rings. The molecule has 86 valence electrons. The van der Waals surface area contributed by atoms with Crippen LogP contribution in [0.3, 0.4) is 0 Å². The number of thiazole rings is 1. The van der Waals surface area contributed by atoms with E-state index in [9.17, 15) is 4.79 Å². The van der Waals surface area contributed by atoms with Gasteiger partial charge in [-0.2, -0.15) is 0 Å². The third kappa shape index (κ3) is 1.65. The minimum Gasteiger partial charge on any atom is -0.497 e. The van der Waals surface area contributed by atoms with Crippen molar-refractivity contribution in [2.75, 3.05) is 7.11 Å². The summed E-state index contributed by atoms with van der Waals surface area (Å²) >= 11 is 1.49. The Balaban J connectivity index is 2.19. The normalized spacial score (nSPS) is 12.8. The molecule has 0 saturated carbocycles.